The SMILES string of the molecule is COc1cc2c(c(CN3CCS(=O)CC3)c1OC)C1(CC2(C)C)CC(C)(C)c2cc3c(c(CN4CCSCC4)c21)Oc1c(C#N)c(C)c(C)c(C#N)c1O3. The molecule has 0 N–H and O–H groups in total. The van der Waals surface area contributed by atoms with E-state index in [-0.39, 0.29) is 10.8 Å². The lowest BCUT2D eigenvalue weighted by Crippen LogP contribution is -2.38. The highest BCUT2D eigenvalue weighted by atomic mass is 32.2. The molecule has 3 heterocycles. The van der Waals surface area contributed by atoms with Crippen molar-refractivity contribution < 1.29 is 23.2 Å². The fourth-order valence-corrected chi connectivity index (χ4v) is 12.4. The van der Waals surface area contributed by atoms with Crippen LogP contribution in [-0.2, 0) is 40.1 Å². The van der Waals surface area contributed by atoms with E-state index in [1.165, 1.54) is 22.3 Å². The average molecular weight is 767 g/mol. The number of fused-ring (bicyclic) bond motifs is 6. The fourth-order valence-electron chi connectivity index (χ4n) is 10.3. The maximum atomic E-state index is 12.5. The van der Waals surface area contributed by atoms with Crippen LogP contribution >= 0.6 is 11.8 Å². The molecule has 1 unspecified atom stereocenters. The lowest BCUT2D eigenvalue weighted by Gasteiger charge is -2.37. The van der Waals surface area contributed by atoms with Crippen LogP contribution < -0.4 is 18.9 Å². The number of methoxy groups -OCH3 is 2. The lowest BCUT2D eigenvalue weighted by molar-refractivity contribution is 0.274. The zero-order valence-corrected chi connectivity index (χ0v) is 34.4. The zero-order valence-electron chi connectivity index (χ0n) is 32.8. The summed E-state index contributed by atoms with van der Waals surface area (Å²) < 4.78 is 38.6. The number of nitrogens with zero attached hydrogens (tertiary/aromatic N) is 4. The molecule has 54 heavy (non-hydrogen) atoms. The largest absolute Gasteiger partial charge is 0.493 e. The first-order valence-electron chi connectivity index (χ1n) is 19.0. The van der Waals surface area contributed by atoms with Crippen molar-refractivity contribution in [2.24, 2.45) is 0 Å². The number of hydrogen-bond acceptors (Lipinski definition) is 10. The molecule has 0 radical (unpaired) electrons. The first kappa shape index (κ1) is 37.2. The fraction of sp³-hybridized carbons (Fsp3) is 0.535. The maximum Gasteiger partial charge on any atom is 0.189 e. The van der Waals surface area contributed by atoms with Gasteiger partial charge in [-0.15, -0.1) is 0 Å². The standard InChI is InChI=1S/C43H50N4O5S2/c1-25-26(2)28(20-45)40-39(27(25)19-44)51-34-18-32-36(30(38(34)52-40)22-46-9-13-53-14-10-46)43(24-42(32,5)6)23-41(3,4)31-17-33(49-7)37(50-8)29(35(31)43)21-47-11-15-54(48)16-12-47/h17-18H,9-16,21-24H2,1-8H3. The Kier molecular flexibility index (Phi) is 9.28. The van der Waals surface area contributed by atoms with Crippen molar-refractivity contribution in [2.75, 3.05) is 63.4 Å². The topological polar surface area (TPSA) is 108 Å². The molecule has 8 rings (SSSR count). The van der Waals surface area contributed by atoms with Crippen LogP contribution in [0.15, 0.2) is 12.1 Å². The molecule has 0 saturated carbocycles. The first-order valence-corrected chi connectivity index (χ1v) is 21.6. The van der Waals surface area contributed by atoms with Crippen molar-refractivity contribution in [3.8, 4) is 46.6 Å². The summed E-state index contributed by atoms with van der Waals surface area (Å²) in [5.41, 5.74) is 8.77. The molecule has 11 heteroatoms. The minimum atomic E-state index is -0.792. The van der Waals surface area contributed by atoms with Crippen LogP contribution in [0.5, 0.6) is 34.5 Å². The zero-order chi connectivity index (χ0) is 38.3. The molecule has 1 atom stereocenters. The summed E-state index contributed by atoms with van der Waals surface area (Å²) in [4.78, 5) is 4.95. The smallest absolute Gasteiger partial charge is 0.189 e. The van der Waals surface area contributed by atoms with Gasteiger partial charge in [0.25, 0.3) is 0 Å². The Morgan fingerprint density at radius 3 is 1.89 bits per heavy atom. The number of thioether (sulfide) groups is 1. The van der Waals surface area contributed by atoms with Crippen molar-refractivity contribution in [1.29, 1.82) is 10.5 Å². The van der Waals surface area contributed by atoms with Crippen molar-refractivity contribution in [3.63, 3.8) is 0 Å². The second-order valence-corrected chi connectivity index (χ2v) is 19.8. The Morgan fingerprint density at radius 1 is 0.778 bits per heavy atom. The average Bonchev–Trinajstić information content (AvgIpc) is 3.51. The summed E-state index contributed by atoms with van der Waals surface area (Å²) in [7, 11) is 2.67. The van der Waals surface area contributed by atoms with Gasteiger partial charge in [0.2, 0.25) is 0 Å². The Hall–Kier alpha value is -3.74. The molecule has 0 bridgehead atoms. The highest BCUT2D eigenvalue weighted by Gasteiger charge is 2.59. The van der Waals surface area contributed by atoms with Gasteiger partial charge < -0.3 is 18.9 Å². The molecular formula is C43H50N4O5S2. The van der Waals surface area contributed by atoms with Gasteiger partial charge in [0.1, 0.15) is 23.3 Å². The van der Waals surface area contributed by atoms with Gasteiger partial charge in [-0.25, -0.2) is 0 Å². The summed E-state index contributed by atoms with van der Waals surface area (Å²) in [5, 5.41) is 20.8. The van der Waals surface area contributed by atoms with Gasteiger partial charge in [-0.3, -0.25) is 14.0 Å². The molecular weight excluding hydrogens is 717 g/mol. The van der Waals surface area contributed by atoms with Crippen molar-refractivity contribution in [2.45, 2.75) is 83.7 Å². The van der Waals surface area contributed by atoms with Crippen molar-refractivity contribution in [3.05, 3.63) is 67.8 Å². The minimum Gasteiger partial charge on any atom is -0.493 e. The number of rotatable bonds is 6. The Labute approximate surface area is 326 Å². The van der Waals surface area contributed by atoms with E-state index in [1.54, 1.807) is 14.2 Å². The lowest BCUT2D eigenvalue weighted by atomic mass is 9.70. The third-order valence-corrected chi connectivity index (χ3v) is 15.0. The first-order chi connectivity index (χ1) is 25.8. The molecule has 2 aliphatic carbocycles. The van der Waals surface area contributed by atoms with E-state index in [0.29, 0.717) is 58.7 Å². The number of ether oxygens (including phenoxy) is 4. The summed E-state index contributed by atoms with van der Waals surface area (Å²) in [5.74, 6) is 6.86. The van der Waals surface area contributed by atoms with Crippen LogP contribution in [-0.4, -0.2) is 77.4 Å². The predicted octanol–water partition coefficient (Wildman–Crippen LogP) is 7.72. The molecule has 2 saturated heterocycles. The van der Waals surface area contributed by atoms with Crippen LogP contribution in [0.4, 0.5) is 0 Å². The number of nitriles is 2. The van der Waals surface area contributed by atoms with Gasteiger partial charge in [-0.2, -0.15) is 22.3 Å². The third-order valence-electron chi connectivity index (χ3n) is 12.8. The van der Waals surface area contributed by atoms with Gasteiger partial charge in [0, 0.05) is 89.6 Å². The quantitative estimate of drug-likeness (QED) is 0.194. The minimum absolute atomic E-state index is 0.200. The summed E-state index contributed by atoms with van der Waals surface area (Å²) in [6, 6.07) is 9.12. The van der Waals surface area contributed by atoms with Gasteiger partial charge in [-0.1, -0.05) is 27.7 Å². The van der Waals surface area contributed by atoms with E-state index >= 15 is 0 Å². The molecule has 9 nitrogen and oxygen atoms in total. The second kappa shape index (κ2) is 13.5. The summed E-state index contributed by atoms with van der Waals surface area (Å²) in [6.07, 6.45) is 1.76. The molecule has 2 fully saturated rings. The van der Waals surface area contributed by atoms with E-state index in [2.05, 4.69) is 61.8 Å². The monoisotopic (exact) mass is 766 g/mol. The van der Waals surface area contributed by atoms with E-state index < -0.39 is 16.2 Å². The number of hydrogen-bond donors (Lipinski definition) is 0. The molecule has 0 amide bonds. The van der Waals surface area contributed by atoms with Crippen LogP contribution in [0.25, 0.3) is 0 Å². The highest BCUT2D eigenvalue weighted by Crippen LogP contribution is 2.68. The highest BCUT2D eigenvalue weighted by molar-refractivity contribution is 7.99. The summed E-state index contributed by atoms with van der Waals surface area (Å²) in [6.45, 7) is 18.0. The van der Waals surface area contributed by atoms with Gasteiger partial charge in [0.15, 0.2) is 34.5 Å². The van der Waals surface area contributed by atoms with Gasteiger partial charge in [-0.05, 0) is 83.0 Å². The third kappa shape index (κ3) is 5.64. The van der Waals surface area contributed by atoms with E-state index in [4.69, 9.17) is 18.9 Å². The normalized spacial score (nSPS) is 22.6. The molecule has 0 aromatic heterocycles. The Balaban J connectivity index is 1.42. The molecule has 3 aliphatic heterocycles. The van der Waals surface area contributed by atoms with Crippen LogP contribution in [0.1, 0.15) is 96.2 Å². The maximum absolute atomic E-state index is 12.5. The molecule has 1 spiro atoms. The van der Waals surface area contributed by atoms with E-state index in [1.807, 2.05) is 25.6 Å². The summed E-state index contributed by atoms with van der Waals surface area (Å²) >= 11 is 1.99. The molecule has 284 valence electrons. The second-order valence-electron chi connectivity index (χ2n) is 16.9. The van der Waals surface area contributed by atoms with Gasteiger partial charge >= 0.3 is 0 Å². The van der Waals surface area contributed by atoms with Crippen molar-refractivity contribution in [1.82, 2.24) is 9.80 Å². The van der Waals surface area contributed by atoms with Crippen LogP contribution in [0, 0.1) is 36.5 Å². The molecule has 3 aromatic carbocycles. The van der Waals surface area contributed by atoms with Crippen LogP contribution in [0.3, 0.4) is 0 Å². The Morgan fingerprint density at radius 2 is 1.31 bits per heavy atom. The van der Waals surface area contributed by atoms with E-state index in [9.17, 15) is 14.7 Å². The van der Waals surface area contributed by atoms with E-state index in [0.717, 1.165) is 84.3 Å². The van der Waals surface area contributed by atoms with Crippen LogP contribution in [0.2, 0.25) is 0 Å². The molecule has 5 aliphatic rings. The van der Waals surface area contributed by atoms with Gasteiger partial charge in [0.05, 0.1) is 14.2 Å². The number of benzene rings is 3. The van der Waals surface area contributed by atoms with Crippen molar-refractivity contribution >= 4 is 22.6 Å². The predicted molar refractivity (Wildman–Crippen MR) is 213 cm³/mol. The molecule has 3 aromatic rings. The Bertz CT molecular complexity index is 2190.